The second kappa shape index (κ2) is 7.96. The highest BCUT2D eigenvalue weighted by Crippen LogP contribution is 2.31. The van der Waals surface area contributed by atoms with Gasteiger partial charge in [0.2, 0.25) is 10.0 Å². The number of piperidine rings is 1. The van der Waals surface area contributed by atoms with Crippen molar-refractivity contribution >= 4 is 22.4 Å². The van der Waals surface area contributed by atoms with Gasteiger partial charge in [-0.15, -0.1) is 12.4 Å². The molecule has 6 nitrogen and oxygen atoms in total. The molecule has 0 amide bonds. The van der Waals surface area contributed by atoms with Crippen LogP contribution in [0, 0.1) is 5.82 Å². The van der Waals surface area contributed by atoms with E-state index in [9.17, 15) is 12.8 Å². The molecule has 1 aromatic rings. The van der Waals surface area contributed by atoms with E-state index in [2.05, 4.69) is 10.0 Å². The number of rotatable bonds is 5. The SMILES string of the molecule is COc1cc(F)c(S(=O)(=O)NC2CCCNC2)cc1OC.Cl. The monoisotopic (exact) mass is 354 g/mol. The Morgan fingerprint density at radius 3 is 2.45 bits per heavy atom. The molecule has 0 aromatic heterocycles. The molecule has 1 aromatic carbocycles. The number of hydrogen-bond donors (Lipinski definition) is 2. The zero-order chi connectivity index (χ0) is 15.5. The van der Waals surface area contributed by atoms with Crippen LogP contribution in [0.15, 0.2) is 17.0 Å². The summed E-state index contributed by atoms with van der Waals surface area (Å²) in [6, 6.07) is 1.90. The lowest BCUT2D eigenvalue weighted by Crippen LogP contribution is -2.45. The van der Waals surface area contributed by atoms with Crippen molar-refractivity contribution in [2.75, 3.05) is 27.3 Å². The van der Waals surface area contributed by atoms with E-state index in [4.69, 9.17) is 9.47 Å². The quantitative estimate of drug-likeness (QED) is 0.833. The van der Waals surface area contributed by atoms with Gasteiger partial charge < -0.3 is 14.8 Å². The molecule has 0 bridgehead atoms. The Morgan fingerprint density at radius 1 is 1.27 bits per heavy atom. The molecule has 1 fully saturated rings. The van der Waals surface area contributed by atoms with Crippen LogP contribution in [0.25, 0.3) is 0 Å². The van der Waals surface area contributed by atoms with E-state index < -0.39 is 20.7 Å². The van der Waals surface area contributed by atoms with Gasteiger partial charge in [-0.3, -0.25) is 0 Å². The van der Waals surface area contributed by atoms with Crippen molar-refractivity contribution in [3.05, 3.63) is 17.9 Å². The molecule has 126 valence electrons. The van der Waals surface area contributed by atoms with Crippen LogP contribution >= 0.6 is 12.4 Å². The number of nitrogens with one attached hydrogen (secondary N) is 2. The van der Waals surface area contributed by atoms with Gasteiger partial charge in [-0.25, -0.2) is 17.5 Å². The minimum atomic E-state index is -3.95. The normalized spacial score (nSPS) is 18.4. The molecule has 22 heavy (non-hydrogen) atoms. The molecular formula is C13H20ClFN2O4S. The van der Waals surface area contributed by atoms with Gasteiger partial charge >= 0.3 is 0 Å². The van der Waals surface area contributed by atoms with E-state index in [1.807, 2.05) is 0 Å². The van der Waals surface area contributed by atoms with E-state index >= 15 is 0 Å². The van der Waals surface area contributed by atoms with Crippen molar-refractivity contribution < 1.29 is 22.3 Å². The first kappa shape index (κ1) is 19.0. The highest BCUT2D eigenvalue weighted by Gasteiger charge is 2.26. The smallest absolute Gasteiger partial charge is 0.243 e. The summed E-state index contributed by atoms with van der Waals surface area (Å²) in [5, 5.41) is 3.10. The Kier molecular flexibility index (Phi) is 6.86. The van der Waals surface area contributed by atoms with E-state index in [1.54, 1.807) is 0 Å². The van der Waals surface area contributed by atoms with E-state index in [0.717, 1.165) is 31.5 Å². The minimum Gasteiger partial charge on any atom is -0.493 e. The highest BCUT2D eigenvalue weighted by atomic mass is 35.5. The molecule has 0 saturated carbocycles. The minimum absolute atomic E-state index is 0. The first-order valence-corrected chi connectivity index (χ1v) is 8.11. The maximum atomic E-state index is 14.0. The topological polar surface area (TPSA) is 76.7 Å². The molecule has 1 saturated heterocycles. The second-order valence-electron chi connectivity index (χ2n) is 4.80. The maximum absolute atomic E-state index is 14.0. The van der Waals surface area contributed by atoms with Crippen LogP contribution in [-0.2, 0) is 10.0 Å². The Morgan fingerprint density at radius 2 is 1.91 bits per heavy atom. The summed E-state index contributed by atoms with van der Waals surface area (Å²) < 4.78 is 51.1. The Bertz CT molecular complexity index is 606. The van der Waals surface area contributed by atoms with Crippen LogP contribution in [0.5, 0.6) is 11.5 Å². The molecule has 2 rings (SSSR count). The Hall–Kier alpha value is -1.09. The molecule has 0 radical (unpaired) electrons. The number of halogens is 2. The standard InChI is InChI=1S/C13H19FN2O4S.ClH/c1-19-11-6-10(14)13(7-12(11)20-2)21(17,18)16-9-4-3-5-15-8-9;/h6-7,9,15-16H,3-5,8H2,1-2H3;1H. The van der Waals surface area contributed by atoms with Gasteiger partial charge in [0.05, 0.1) is 14.2 Å². The third-order valence-corrected chi connectivity index (χ3v) is 4.88. The summed E-state index contributed by atoms with van der Waals surface area (Å²) in [7, 11) is -1.22. The van der Waals surface area contributed by atoms with Crippen molar-refractivity contribution in [3.63, 3.8) is 0 Å². The van der Waals surface area contributed by atoms with E-state index in [-0.39, 0.29) is 29.9 Å². The van der Waals surface area contributed by atoms with Crippen LogP contribution < -0.4 is 19.5 Å². The van der Waals surface area contributed by atoms with Gasteiger partial charge in [0.1, 0.15) is 10.7 Å². The number of hydrogen-bond acceptors (Lipinski definition) is 5. The molecule has 1 aliphatic rings. The first-order valence-electron chi connectivity index (χ1n) is 6.62. The molecule has 1 atom stereocenters. The molecule has 1 unspecified atom stereocenters. The van der Waals surface area contributed by atoms with Crippen molar-refractivity contribution in [2.24, 2.45) is 0 Å². The number of benzene rings is 1. The molecule has 2 N–H and O–H groups in total. The second-order valence-corrected chi connectivity index (χ2v) is 6.48. The van der Waals surface area contributed by atoms with Crippen LogP contribution in [0.1, 0.15) is 12.8 Å². The van der Waals surface area contributed by atoms with Gasteiger partial charge in [0.25, 0.3) is 0 Å². The third kappa shape index (κ3) is 4.22. The summed E-state index contributed by atoms with van der Waals surface area (Å²) in [5.41, 5.74) is 0. The van der Waals surface area contributed by atoms with E-state index in [0.29, 0.717) is 6.54 Å². The largest absolute Gasteiger partial charge is 0.493 e. The lowest BCUT2D eigenvalue weighted by atomic mass is 10.1. The van der Waals surface area contributed by atoms with Crippen LogP contribution in [0.4, 0.5) is 4.39 Å². The number of ether oxygens (including phenoxy) is 2. The van der Waals surface area contributed by atoms with Gasteiger partial charge in [0, 0.05) is 24.7 Å². The molecule has 0 aliphatic carbocycles. The van der Waals surface area contributed by atoms with Gasteiger partial charge in [-0.1, -0.05) is 0 Å². The molecule has 1 heterocycles. The van der Waals surface area contributed by atoms with E-state index in [1.165, 1.54) is 14.2 Å². The summed E-state index contributed by atoms with van der Waals surface area (Å²) in [6.45, 7) is 1.40. The average Bonchev–Trinajstić information content (AvgIpc) is 2.47. The van der Waals surface area contributed by atoms with Crippen molar-refractivity contribution in [3.8, 4) is 11.5 Å². The fourth-order valence-corrected chi connectivity index (χ4v) is 3.62. The predicted octanol–water partition coefficient (Wildman–Crippen LogP) is 1.29. The Labute approximate surface area is 135 Å². The molecular weight excluding hydrogens is 335 g/mol. The van der Waals surface area contributed by atoms with Gasteiger partial charge in [0.15, 0.2) is 11.5 Å². The molecule has 9 heteroatoms. The van der Waals surface area contributed by atoms with Gasteiger partial charge in [-0.05, 0) is 19.4 Å². The maximum Gasteiger partial charge on any atom is 0.243 e. The Balaban J connectivity index is 0.00000242. The van der Waals surface area contributed by atoms with Gasteiger partial charge in [-0.2, -0.15) is 0 Å². The molecule has 1 aliphatic heterocycles. The van der Waals surface area contributed by atoms with Crippen molar-refractivity contribution in [1.29, 1.82) is 0 Å². The zero-order valence-corrected chi connectivity index (χ0v) is 14.0. The highest BCUT2D eigenvalue weighted by molar-refractivity contribution is 7.89. The summed E-state index contributed by atoms with van der Waals surface area (Å²) >= 11 is 0. The van der Waals surface area contributed by atoms with Crippen LogP contribution in [-0.4, -0.2) is 41.8 Å². The van der Waals surface area contributed by atoms with Crippen LogP contribution in [0.3, 0.4) is 0 Å². The first-order chi connectivity index (χ1) is 9.97. The lowest BCUT2D eigenvalue weighted by Gasteiger charge is -2.23. The lowest BCUT2D eigenvalue weighted by molar-refractivity contribution is 0.350. The zero-order valence-electron chi connectivity index (χ0n) is 12.4. The predicted molar refractivity (Wildman–Crippen MR) is 83.0 cm³/mol. The molecule has 0 spiro atoms. The fraction of sp³-hybridized carbons (Fsp3) is 0.538. The average molecular weight is 355 g/mol. The summed E-state index contributed by atoms with van der Waals surface area (Å²) in [6.07, 6.45) is 1.60. The fourth-order valence-electron chi connectivity index (χ4n) is 2.28. The van der Waals surface area contributed by atoms with Crippen molar-refractivity contribution in [2.45, 2.75) is 23.8 Å². The summed E-state index contributed by atoms with van der Waals surface area (Å²) in [4.78, 5) is -0.439. The number of sulfonamides is 1. The van der Waals surface area contributed by atoms with Crippen molar-refractivity contribution in [1.82, 2.24) is 10.0 Å². The van der Waals surface area contributed by atoms with Crippen LogP contribution in [0.2, 0.25) is 0 Å². The third-order valence-electron chi connectivity index (χ3n) is 3.35. The number of methoxy groups -OCH3 is 2. The summed E-state index contributed by atoms with van der Waals surface area (Å²) in [5.74, 6) is -0.557.